The van der Waals surface area contributed by atoms with E-state index in [-0.39, 0.29) is 11.4 Å². The van der Waals surface area contributed by atoms with Gasteiger partial charge in [-0.3, -0.25) is 0 Å². The number of nitriles is 1. The zero-order chi connectivity index (χ0) is 23.7. The van der Waals surface area contributed by atoms with Crippen molar-refractivity contribution in [3.8, 4) is 28.7 Å². The van der Waals surface area contributed by atoms with Crippen LogP contribution in [0.3, 0.4) is 0 Å². The third kappa shape index (κ3) is 3.50. The van der Waals surface area contributed by atoms with E-state index in [1.165, 1.54) is 24.3 Å². The van der Waals surface area contributed by atoms with Gasteiger partial charge >= 0.3 is 0 Å². The molecule has 8 heteroatoms. The van der Waals surface area contributed by atoms with Crippen molar-refractivity contribution in [2.24, 2.45) is 10.1 Å². The lowest BCUT2D eigenvalue weighted by atomic mass is 9.87. The number of aliphatic imine (C=N–C) groups is 1. The number of aromatic nitrogens is 2. The number of benzene rings is 3. The lowest BCUT2D eigenvalue weighted by Gasteiger charge is -2.21. The number of rotatable bonds is 2. The van der Waals surface area contributed by atoms with Crippen molar-refractivity contribution in [1.82, 2.24) is 9.97 Å². The van der Waals surface area contributed by atoms with Crippen molar-refractivity contribution in [3.05, 3.63) is 118 Å². The van der Waals surface area contributed by atoms with Gasteiger partial charge in [0, 0.05) is 22.3 Å². The summed E-state index contributed by atoms with van der Waals surface area (Å²) in [6, 6.07) is 18.6. The SMILES string of the molecule is [C-]#[N+]N=C1c2ccccc2C(=NC#N)c2nc(-c3ccc(F)cc3)c(-c3ccc(F)cc3)nc21. The van der Waals surface area contributed by atoms with Crippen LogP contribution >= 0.6 is 0 Å². The van der Waals surface area contributed by atoms with Crippen molar-refractivity contribution < 1.29 is 8.78 Å². The molecular formula is C26H12F2N6. The van der Waals surface area contributed by atoms with Crippen LogP contribution in [-0.2, 0) is 0 Å². The molecule has 0 aliphatic heterocycles. The highest BCUT2D eigenvalue weighted by Crippen LogP contribution is 2.34. The summed E-state index contributed by atoms with van der Waals surface area (Å²) in [7, 11) is 0. The first-order chi connectivity index (χ1) is 16.6. The predicted octanol–water partition coefficient (Wildman–Crippen LogP) is 5.39. The quantitative estimate of drug-likeness (QED) is 0.207. The highest BCUT2D eigenvalue weighted by Gasteiger charge is 2.33. The molecule has 34 heavy (non-hydrogen) atoms. The molecule has 0 bridgehead atoms. The highest BCUT2D eigenvalue weighted by molar-refractivity contribution is 6.30. The molecule has 0 saturated heterocycles. The molecule has 1 heterocycles. The van der Waals surface area contributed by atoms with Gasteiger partial charge in [0.05, 0.1) is 16.5 Å². The van der Waals surface area contributed by atoms with E-state index in [1.807, 2.05) is 6.19 Å². The average Bonchev–Trinajstić information content (AvgIpc) is 2.86. The molecule has 0 saturated carbocycles. The molecule has 1 aromatic heterocycles. The molecule has 0 atom stereocenters. The van der Waals surface area contributed by atoms with E-state index in [1.54, 1.807) is 48.5 Å². The Morgan fingerprint density at radius 3 is 1.65 bits per heavy atom. The van der Waals surface area contributed by atoms with Crippen molar-refractivity contribution in [3.63, 3.8) is 0 Å². The van der Waals surface area contributed by atoms with Crippen LogP contribution in [0.5, 0.6) is 0 Å². The molecule has 1 aliphatic carbocycles. The molecule has 0 radical (unpaired) electrons. The molecule has 4 aromatic rings. The maximum Gasteiger partial charge on any atom is 0.206 e. The lowest BCUT2D eigenvalue weighted by Crippen LogP contribution is -2.25. The Balaban J connectivity index is 1.88. The smallest absolute Gasteiger partial charge is 0.206 e. The van der Waals surface area contributed by atoms with E-state index in [9.17, 15) is 14.0 Å². The van der Waals surface area contributed by atoms with Gasteiger partial charge in [-0.1, -0.05) is 24.3 Å². The minimum Gasteiger partial charge on any atom is -0.241 e. The van der Waals surface area contributed by atoms with Gasteiger partial charge in [0.1, 0.15) is 28.7 Å². The second-order valence-corrected chi connectivity index (χ2v) is 7.29. The Bertz CT molecular complexity index is 1450. The zero-order valence-corrected chi connectivity index (χ0v) is 17.4. The maximum atomic E-state index is 13.6. The van der Waals surface area contributed by atoms with E-state index < -0.39 is 11.6 Å². The number of nitrogens with zero attached hydrogens (tertiary/aromatic N) is 6. The van der Waals surface area contributed by atoms with E-state index in [0.717, 1.165) is 0 Å². The van der Waals surface area contributed by atoms with Crippen molar-refractivity contribution in [2.75, 3.05) is 0 Å². The minimum absolute atomic E-state index is 0.271. The Kier molecular flexibility index (Phi) is 5.17. The fourth-order valence-corrected chi connectivity index (χ4v) is 3.85. The fraction of sp³-hybridized carbons (Fsp3) is 0. The van der Waals surface area contributed by atoms with Crippen LogP contribution in [0.1, 0.15) is 22.5 Å². The van der Waals surface area contributed by atoms with Crippen LogP contribution in [0.2, 0.25) is 0 Å². The van der Waals surface area contributed by atoms with Gasteiger partial charge in [-0.15, -0.1) is 4.95 Å². The van der Waals surface area contributed by atoms with Crippen LogP contribution in [0, 0.1) is 29.7 Å². The Labute approximate surface area is 193 Å². The van der Waals surface area contributed by atoms with Crippen molar-refractivity contribution >= 4 is 11.4 Å². The lowest BCUT2D eigenvalue weighted by molar-refractivity contribution is 0.627. The molecule has 3 aromatic carbocycles. The topological polar surface area (TPSA) is 78.6 Å². The summed E-state index contributed by atoms with van der Waals surface area (Å²) in [4.78, 5) is 16.8. The minimum atomic E-state index is -0.412. The molecule has 0 fully saturated rings. The summed E-state index contributed by atoms with van der Waals surface area (Å²) >= 11 is 0. The number of hydrogen-bond acceptors (Lipinski definition) is 5. The normalized spacial score (nSPS) is 14.2. The van der Waals surface area contributed by atoms with Crippen molar-refractivity contribution in [1.29, 1.82) is 5.26 Å². The molecule has 5 rings (SSSR count). The van der Waals surface area contributed by atoms with Gasteiger partial charge < -0.3 is 0 Å². The fourth-order valence-electron chi connectivity index (χ4n) is 3.85. The summed E-state index contributed by atoms with van der Waals surface area (Å²) in [5, 5.41) is 13.4. The third-order valence-electron chi connectivity index (χ3n) is 5.33. The summed E-state index contributed by atoms with van der Waals surface area (Å²) in [6.07, 6.45) is 1.81. The number of fused-ring (bicyclic) bond motifs is 2. The first-order valence-corrected chi connectivity index (χ1v) is 10.1. The average molecular weight is 446 g/mol. The molecule has 160 valence electrons. The number of hydrogen-bond donors (Lipinski definition) is 0. The van der Waals surface area contributed by atoms with Crippen LogP contribution in [0.4, 0.5) is 8.78 Å². The van der Waals surface area contributed by atoms with E-state index in [2.05, 4.69) is 15.0 Å². The molecule has 1 aliphatic rings. The standard InChI is InChI=1S/C26H12F2N6/c1-30-34-24-20-5-3-2-4-19(20)23(31-14-29)25-26(24)33-22(16-8-12-18(28)13-9-16)21(32-25)15-6-10-17(27)11-7-15/h2-13H. The van der Waals surface area contributed by atoms with Gasteiger partial charge in [-0.05, 0) is 48.5 Å². The molecule has 6 nitrogen and oxygen atoms in total. The third-order valence-corrected chi connectivity index (χ3v) is 5.33. The van der Waals surface area contributed by atoms with Crippen LogP contribution in [0.15, 0.2) is 82.9 Å². The predicted molar refractivity (Wildman–Crippen MR) is 123 cm³/mol. The highest BCUT2D eigenvalue weighted by atomic mass is 19.1. The summed E-state index contributed by atoms with van der Waals surface area (Å²) in [6.45, 7) is 7.32. The van der Waals surface area contributed by atoms with Gasteiger partial charge in [0.2, 0.25) is 6.19 Å². The van der Waals surface area contributed by atoms with Gasteiger partial charge in [0.15, 0.2) is 5.71 Å². The molecule has 0 spiro atoms. The second-order valence-electron chi connectivity index (χ2n) is 7.29. The van der Waals surface area contributed by atoms with E-state index in [0.29, 0.717) is 45.1 Å². The van der Waals surface area contributed by atoms with Gasteiger partial charge in [-0.2, -0.15) is 16.8 Å². The van der Waals surface area contributed by atoms with Crippen LogP contribution < -0.4 is 0 Å². The Hall–Kier alpha value is -5.08. The zero-order valence-electron chi connectivity index (χ0n) is 17.4. The van der Waals surface area contributed by atoms with Gasteiger partial charge in [0.25, 0.3) is 0 Å². The van der Waals surface area contributed by atoms with Crippen LogP contribution in [-0.4, -0.2) is 21.4 Å². The Morgan fingerprint density at radius 1 is 0.706 bits per heavy atom. The van der Waals surface area contributed by atoms with Crippen molar-refractivity contribution in [2.45, 2.75) is 0 Å². The maximum absolute atomic E-state index is 13.6. The van der Waals surface area contributed by atoms with E-state index >= 15 is 0 Å². The van der Waals surface area contributed by atoms with Gasteiger partial charge in [-0.25, -0.2) is 18.7 Å². The van der Waals surface area contributed by atoms with E-state index in [4.69, 9.17) is 16.5 Å². The Morgan fingerprint density at radius 2 is 1.18 bits per heavy atom. The monoisotopic (exact) mass is 446 g/mol. The molecule has 0 amide bonds. The summed E-state index contributed by atoms with van der Waals surface area (Å²) in [5.74, 6) is -0.823. The molecule has 0 unspecified atom stereocenters. The largest absolute Gasteiger partial charge is 0.241 e. The summed E-state index contributed by atoms with van der Waals surface area (Å²) in [5.41, 5.74) is 4.21. The number of halogens is 2. The second kappa shape index (κ2) is 8.45. The molecular weight excluding hydrogens is 434 g/mol. The molecule has 0 N–H and O–H groups in total. The first kappa shape index (κ1) is 20.8. The summed E-state index contributed by atoms with van der Waals surface area (Å²) < 4.78 is 27.3. The van der Waals surface area contributed by atoms with Crippen LogP contribution in [0.25, 0.3) is 27.5 Å². The first-order valence-electron chi connectivity index (χ1n) is 10.1.